The van der Waals surface area contributed by atoms with Gasteiger partial charge in [-0.15, -0.1) is 22.7 Å². The van der Waals surface area contributed by atoms with Crippen molar-refractivity contribution in [1.82, 2.24) is 29.9 Å². The Hall–Kier alpha value is -4.58. The summed E-state index contributed by atoms with van der Waals surface area (Å²) < 4.78 is 42.8. The van der Waals surface area contributed by atoms with E-state index in [1.807, 2.05) is 20.8 Å². The Kier molecular flexibility index (Phi) is 11.4. The lowest BCUT2D eigenvalue weighted by atomic mass is 10.2. The first-order valence-corrected chi connectivity index (χ1v) is 18.2. The van der Waals surface area contributed by atoms with Crippen LogP contribution in [0, 0.1) is 23.7 Å². The summed E-state index contributed by atoms with van der Waals surface area (Å²) in [5, 5.41) is 13.3. The minimum Gasteiger partial charge on any atom is -0.476 e. The molecule has 0 spiro atoms. The Morgan fingerprint density at radius 1 is 0.827 bits per heavy atom. The number of piperidine rings is 2. The number of aromatic nitrogens is 6. The van der Waals surface area contributed by atoms with E-state index in [4.69, 9.17) is 16.0 Å². The highest BCUT2D eigenvalue weighted by Crippen LogP contribution is 2.46. The first-order chi connectivity index (χ1) is 25.1. The molecule has 52 heavy (non-hydrogen) atoms. The quantitative estimate of drug-likeness (QED) is 0.167. The van der Waals surface area contributed by atoms with Gasteiger partial charge in [0.1, 0.15) is 38.6 Å². The van der Waals surface area contributed by atoms with Crippen LogP contribution in [0.3, 0.4) is 0 Å². The second-order valence-corrected chi connectivity index (χ2v) is 15.1. The number of nitrogens with zero attached hydrogens (tertiary/aromatic N) is 8. The Labute approximate surface area is 307 Å². The molecule has 0 bridgehead atoms. The lowest BCUT2D eigenvalue weighted by Crippen LogP contribution is -2.24. The number of carbonyl (C=O) groups excluding carboxylic acids is 2. The Bertz CT molecular complexity index is 1850. The molecular formula is C34H39F3N8O5S2. The molecular weight excluding hydrogens is 722 g/mol. The van der Waals surface area contributed by atoms with Gasteiger partial charge in [0.05, 0.1) is 24.8 Å². The van der Waals surface area contributed by atoms with Crippen LogP contribution in [0.1, 0.15) is 69.8 Å². The maximum Gasteiger partial charge on any atom is 0.446 e. The third-order valence-electron chi connectivity index (χ3n) is 8.29. The van der Waals surface area contributed by atoms with Crippen LogP contribution in [0.5, 0.6) is 0 Å². The minimum absolute atomic E-state index is 0.0514. The maximum atomic E-state index is 12.0. The molecule has 13 nitrogen and oxygen atoms in total. The first-order valence-electron chi connectivity index (χ1n) is 17.1. The van der Waals surface area contributed by atoms with Crippen LogP contribution in [-0.2, 0) is 9.53 Å². The van der Waals surface area contributed by atoms with E-state index in [1.54, 1.807) is 37.1 Å². The van der Waals surface area contributed by atoms with Crippen molar-refractivity contribution >= 4 is 52.5 Å². The number of aromatic carboxylic acids is 1. The van der Waals surface area contributed by atoms with Crippen LogP contribution < -0.4 is 9.80 Å². The zero-order valence-electron chi connectivity index (χ0n) is 29.9. The summed E-state index contributed by atoms with van der Waals surface area (Å²) in [6.45, 7) is 12.2. The summed E-state index contributed by atoms with van der Waals surface area (Å²) in [4.78, 5) is 62.3. The van der Waals surface area contributed by atoms with Crippen molar-refractivity contribution in [2.75, 3.05) is 36.0 Å². The van der Waals surface area contributed by atoms with Gasteiger partial charge in [-0.1, -0.05) is 13.8 Å². The molecule has 278 valence electrons. The van der Waals surface area contributed by atoms with Crippen LogP contribution in [0.4, 0.5) is 24.8 Å². The summed E-state index contributed by atoms with van der Waals surface area (Å²) in [6.07, 6.45) is 3.98. The average Bonchev–Trinajstić information content (AvgIpc) is 3.65. The highest BCUT2D eigenvalue weighted by Gasteiger charge is 2.46. The van der Waals surface area contributed by atoms with Gasteiger partial charge in [0.25, 0.3) is 0 Å². The van der Waals surface area contributed by atoms with E-state index < -0.39 is 30.0 Å². The van der Waals surface area contributed by atoms with Gasteiger partial charge in [-0.25, -0.2) is 39.5 Å². The van der Waals surface area contributed by atoms with Crippen LogP contribution in [0.15, 0.2) is 35.5 Å². The number of anilines is 2. The van der Waals surface area contributed by atoms with Crippen molar-refractivity contribution in [2.45, 2.75) is 59.2 Å². The number of aldehydes is 1. The number of hydrogen-bond acceptors (Lipinski definition) is 14. The number of carbonyl (C=O) groups is 3. The van der Waals surface area contributed by atoms with Gasteiger partial charge in [-0.3, -0.25) is 4.79 Å². The lowest BCUT2D eigenvalue weighted by Gasteiger charge is -2.18. The molecule has 2 aliphatic heterocycles. The predicted molar refractivity (Wildman–Crippen MR) is 189 cm³/mol. The Balaban J connectivity index is 0.000000169. The predicted octanol–water partition coefficient (Wildman–Crippen LogP) is 6.54. The highest BCUT2D eigenvalue weighted by atomic mass is 32.1. The zero-order valence-corrected chi connectivity index (χ0v) is 30.5. The van der Waals surface area contributed by atoms with Gasteiger partial charge in [0.15, 0.2) is 11.4 Å². The van der Waals surface area contributed by atoms with Gasteiger partial charge in [-0.2, -0.15) is 13.2 Å². The number of thiazole rings is 2. The Morgan fingerprint density at radius 3 is 1.56 bits per heavy atom. The second-order valence-electron chi connectivity index (χ2n) is 13.4. The van der Waals surface area contributed by atoms with Crippen molar-refractivity contribution in [1.29, 1.82) is 0 Å². The van der Waals surface area contributed by atoms with Gasteiger partial charge in [0.2, 0.25) is 6.29 Å². The fourth-order valence-electron chi connectivity index (χ4n) is 5.67. The van der Waals surface area contributed by atoms with Crippen molar-refractivity contribution in [3.63, 3.8) is 0 Å². The van der Waals surface area contributed by atoms with Crippen molar-refractivity contribution in [3.8, 4) is 21.4 Å². The van der Waals surface area contributed by atoms with Crippen molar-refractivity contribution < 1.29 is 38.8 Å². The molecule has 4 fully saturated rings. The monoisotopic (exact) mass is 761 g/mol. The molecule has 0 radical (unpaired) electrons. The molecule has 4 atom stereocenters. The normalized spacial score (nSPS) is 21.1. The van der Waals surface area contributed by atoms with Crippen molar-refractivity contribution in [3.05, 3.63) is 46.9 Å². The largest absolute Gasteiger partial charge is 0.476 e. The number of hydrogen-bond donors (Lipinski definition) is 1. The van der Waals surface area contributed by atoms with E-state index in [0.29, 0.717) is 34.0 Å². The number of rotatable bonds is 6. The van der Waals surface area contributed by atoms with Gasteiger partial charge < -0.3 is 19.6 Å². The van der Waals surface area contributed by atoms with Gasteiger partial charge in [0, 0.05) is 38.3 Å². The molecule has 8 rings (SSSR count). The molecule has 1 N–H and O–H groups in total. The minimum atomic E-state index is -4.64. The average molecular weight is 762 g/mol. The standard InChI is InChI=1S/C17H20N4O2S.C13H12N4O2S.C2HF3O.C2H6/c1-17(2,3)23-16(22)13-9-24-15(20-13)12-5-19-14(6-18-12)21-7-10-4-11(10)8-21;18-13(19)10-6-20-12(16-10)9-2-15-11(3-14-9)17-4-7-1-8(7)5-17;3-2(4,5)1-6;1-2/h5-6,9-11H,4,7-8H2,1-3H3;2-3,6-8H,1,4-5H2,(H,18,19);1H;1-2H3/i;;;1D. The molecule has 4 unspecified atom stereocenters. The van der Waals surface area contributed by atoms with Gasteiger partial charge in [-0.05, 0) is 57.3 Å². The topological polar surface area (TPSA) is 164 Å². The SMILES string of the molecule is CC(C)(C)OC(=O)c1csc(-c2cnc(N3CC4CC4C3)cn2)n1.O=C(O)c1csc(-c2cnc(N3CC4CC4C3)cn2)n1.O=CC(F)(F)F.[2H]CC. The molecule has 4 aromatic rings. The van der Waals surface area contributed by atoms with Crippen LogP contribution in [0.25, 0.3) is 21.4 Å². The zero-order chi connectivity index (χ0) is 38.5. The van der Waals surface area contributed by atoms with Crippen LogP contribution in [-0.4, -0.2) is 91.2 Å². The molecule has 4 aromatic heterocycles. The van der Waals surface area contributed by atoms with Crippen LogP contribution in [0.2, 0.25) is 0 Å². The van der Waals surface area contributed by atoms with Crippen molar-refractivity contribution in [2.24, 2.45) is 23.7 Å². The smallest absolute Gasteiger partial charge is 0.446 e. The molecule has 4 aliphatic rings. The number of ether oxygens (including phenoxy) is 1. The fraction of sp³-hybridized carbons (Fsp3) is 0.500. The number of carboxylic acids is 1. The summed E-state index contributed by atoms with van der Waals surface area (Å²) >= 11 is 2.64. The lowest BCUT2D eigenvalue weighted by molar-refractivity contribution is -0.156. The summed E-state index contributed by atoms with van der Waals surface area (Å²) in [6, 6.07) is 0. The number of carboxylic acid groups (broad SMARTS) is 1. The molecule has 2 aliphatic carbocycles. The Morgan fingerprint density at radius 2 is 1.23 bits per heavy atom. The van der Waals surface area contributed by atoms with E-state index in [2.05, 4.69) is 39.7 Å². The highest BCUT2D eigenvalue weighted by molar-refractivity contribution is 7.13. The number of esters is 1. The third kappa shape index (κ3) is 10.3. The summed E-state index contributed by atoms with van der Waals surface area (Å²) in [5.74, 6) is 3.83. The fourth-order valence-corrected chi connectivity index (χ4v) is 7.17. The van der Waals surface area contributed by atoms with E-state index in [9.17, 15) is 22.8 Å². The van der Waals surface area contributed by atoms with E-state index in [0.717, 1.165) is 61.5 Å². The summed E-state index contributed by atoms with van der Waals surface area (Å²) in [7, 11) is 0. The molecule has 2 saturated heterocycles. The van der Waals surface area contributed by atoms with Crippen LogP contribution >= 0.6 is 22.7 Å². The number of alkyl halides is 3. The van der Waals surface area contributed by atoms with E-state index in [-0.39, 0.29) is 5.69 Å². The maximum absolute atomic E-state index is 12.0. The molecule has 0 amide bonds. The number of fused-ring (bicyclic) bond motifs is 2. The molecule has 6 heterocycles. The third-order valence-corrected chi connectivity index (χ3v) is 10.0. The van der Waals surface area contributed by atoms with Gasteiger partial charge >= 0.3 is 18.1 Å². The first kappa shape index (κ1) is 37.2. The van der Waals surface area contributed by atoms with E-state index in [1.165, 1.54) is 40.9 Å². The molecule has 18 heteroatoms. The molecule has 2 saturated carbocycles. The number of halogens is 3. The van der Waals surface area contributed by atoms with E-state index >= 15 is 0 Å². The second kappa shape index (κ2) is 16.0. The molecule has 0 aromatic carbocycles. The summed E-state index contributed by atoms with van der Waals surface area (Å²) in [5.41, 5.74) is 1.14.